The van der Waals surface area contributed by atoms with Crippen LogP contribution in [0.25, 0.3) is 6.08 Å². The summed E-state index contributed by atoms with van der Waals surface area (Å²) in [5, 5.41) is 4.04. The van der Waals surface area contributed by atoms with Gasteiger partial charge in [0.25, 0.3) is 0 Å². The van der Waals surface area contributed by atoms with Crippen LogP contribution >= 0.6 is 0 Å². The van der Waals surface area contributed by atoms with E-state index in [-0.39, 0.29) is 0 Å². The van der Waals surface area contributed by atoms with Gasteiger partial charge in [-0.25, -0.2) is 4.79 Å². The number of ether oxygens (including phenoxy) is 1. The summed E-state index contributed by atoms with van der Waals surface area (Å²) < 4.78 is 5.18. The van der Waals surface area contributed by atoms with Gasteiger partial charge in [0.05, 0.1) is 5.57 Å². The van der Waals surface area contributed by atoms with Crippen molar-refractivity contribution in [2.75, 3.05) is 32.7 Å². The van der Waals surface area contributed by atoms with Crippen molar-refractivity contribution < 1.29 is 14.4 Å². The molecule has 2 aromatic carbocycles. The van der Waals surface area contributed by atoms with Crippen LogP contribution in [-0.4, -0.2) is 39.5 Å². The lowest BCUT2D eigenvalue weighted by Crippen LogP contribution is -2.09. The molecule has 0 N–H and O–H groups in total. The average molecular weight is 378 g/mol. The first-order valence-electron chi connectivity index (χ1n) is 9.37. The Bertz CT molecular complexity index is 898. The van der Waals surface area contributed by atoms with Crippen molar-refractivity contribution in [3.63, 3.8) is 0 Å². The van der Waals surface area contributed by atoms with Crippen LogP contribution in [0.2, 0.25) is 0 Å². The number of rotatable bonds is 7. The second-order valence-electron chi connectivity index (χ2n) is 7.17. The Hall–Kier alpha value is -2.92. The third-order valence-corrected chi connectivity index (χ3v) is 4.90. The monoisotopic (exact) mass is 378 g/mol. The summed E-state index contributed by atoms with van der Waals surface area (Å²) in [6.45, 7) is 2.88. The Balaban J connectivity index is 1.88. The van der Waals surface area contributed by atoms with Crippen LogP contribution in [0.1, 0.15) is 36.0 Å². The minimum Gasteiger partial charge on any atom is -0.385 e. The molecule has 0 spiro atoms. The zero-order valence-electron chi connectivity index (χ0n) is 16.8. The molecule has 0 bridgehead atoms. The Morgan fingerprint density at radius 3 is 2.61 bits per heavy atom. The second-order valence-corrected chi connectivity index (χ2v) is 7.17. The van der Waals surface area contributed by atoms with Crippen LogP contribution < -0.4 is 4.90 Å². The fraction of sp³-hybridized carbons (Fsp3) is 0.304. The van der Waals surface area contributed by atoms with Crippen LogP contribution in [-0.2, 0) is 14.4 Å². The molecule has 28 heavy (non-hydrogen) atoms. The molecule has 1 aliphatic rings. The topological polar surface area (TPSA) is 51.1 Å². The molecule has 146 valence electrons. The first kappa shape index (κ1) is 19.8. The number of nitrogens with zero attached hydrogens (tertiary/aromatic N) is 2. The molecule has 1 atom stereocenters. The Kier molecular flexibility index (Phi) is 6.26. The van der Waals surface area contributed by atoms with Gasteiger partial charge >= 0.3 is 5.97 Å². The smallest absolute Gasteiger partial charge is 0.368 e. The van der Waals surface area contributed by atoms with E-state index in [4.69, 9.17) is 9.57 Å². The van der Waals surface area contributed by atoms with Gasteiger partial charge in [0, 0.05) is 39.1 Å². The SMILES string of the molecule is COCCC(C)c1cccc(C2=NOC(=O)C2=Cc2ccc(N(C)C)cc2)c1. The summed E-state index contributed by atoms with van der Waals surface area (Å²) in [6.07, 6.45) is 2.76. The number of benzene rings is 2. The number of oxime groups is 1. The number of carbonyl (C=O) groups excluding carboxylic acids is 1. The molecule has 5 nitrogen and oxygen atoms in total. The highest BCUT2D eigenvalue weighted by Gasteiger charge is 2.27. The molecule has 0 saturated heterocycles. The van der Waals surface area contributed by atoms with Crippen molar-refractivity contribution in [3.8, 4) is 0 Å². The standard InChI is InChI=1S/C23H26N2O3/c1-16(12-13-27-4)18-6-5-7-19(15-18)22-21(23(26)28-24-22)14-17-8-10-20(11-9-17)25(2)3/h5-11,14-16H,12-13H2,1-4H3. The highest BCUT2D eigenvalue weighted by molar-refractivity contribution is 6.31. The van der Waals surface area contributed by atoms with E-state index < -0.39 is 5.97 Å². The van der Waals surface area contributed by atoms with Crippen molar-refractivity contribution in [1.29, 1.82) is 0 Å². The lowest BCUT2D eigenvalue weighted by Gasteiger charge is -2.13. The second kappa shape index (κ2) is 8.85. The normalized spacial score (nSPS) is 16.1. The summed E-state index contributed by atoms with van der Waals surface area (Å²) >= 11 is 0. The molecule has 0 amide bonds. The Morgan fingerprint density at radius 2 is 1.93 bits per heavy atom. The lowest BCUT2D eigenvalue weighted by atomic mass is 9.93. The molecular formula is C23H26N2O3. The number of hydrogen-bond acceptors (Lipinski definition) is 5. The predicted molar refractivity (Wildman–Crippen MR) is 113 cm³/mol. The third-order valence-electron chi connectivity index (χ3n) is 4.90. The average Bonchev–Trinajstić information content (AvgIpc) is 3.07. The van der Waals surface area contributed by atoms with Gasteiger partial charge in [0.2, 0.25) is 0 Å². The van der Waals surface area contributed by atoms with Crippen molar-refractivity contribution in [3.05, 3.63) is 70.8 Å². The van der Waals surface area contributed by atoms with E-state index in [2.05, 4.69) is 24.2 Å². The van der Waals surface area contributed by atoms with Crippen LogP contribution in [0, 0.1) is 0 Å². The summed E-state index contributed by atoms with van der Waals surface area (Å²) in [4.78, 5) is 19.3. The molecule has 0 aliphatic carbocycles. The predicted octanol–water partition coefficient (Wildman–Crippen LogP) is 4.24. The van der Waals surface area contributed by atoms with E-state index in [1.807, 2.05) is 61.5 Å². The molecular weight excluding hydrogens is 352 g/mol. The van der Waals surface area contributed by atoms with E-state index in [9.17, 15) is 4.79 Å². The minimum atomic E-state index is -0.426. The lowest BCUT2D eigenvalue weighted by molar-refractivity contribution is -0.136. The van der Waals surface area contributed by atoms with Crippen LogP contribution in [0.5, 0.6) is 0 Å². The van der Waals surface area contributed by atoms with Crippen LogP contribution in [0.3, 0.4) is 0 Å². The number of anilines is 1. The van der Waals surface area contributed by atoms with Crippen molar-refractivity contribution in [1.82, 2.24) is 0 Å². The van der Waals surface area contributed by atoms with Gasteiger partial charge in [-0.2, -0.15) is 0 Å². The van der Waals surface area contributed by atoms with Crippen molar-refractivity contribution in [2.24, 2.45) is 5.16 Å². The molecule has 3 rings (SSSR count). The number of carbonyl (C=O) groups is 1. The fourth-order valence-corrected chi connectivity index (χ4v) is 3.11. The highest BCUT2D eigenvalue weighted by Crippen LogP contribution is 2.25. The molecule has 1 aliphatic heterocycles. The zero-order chi connectivity index (χ0) is 20.1. The number of hydrogen-bond donors (Lipinski definition) is 0. The first-order chi connectivity index (χ1) is 13.5. The van der Waals surface area contributed by atoms with Gasteiger partial charge in [-0.1, -0.05) is 42.4 Å². The van der Waals surface area contributed by atoms with E-state index in [1.54, 1.807) is 7.11 Å². The Labute approximate surface area is 166 Å². The molecule has 1 heterocycles. The van der Waals surface area contributed by atoms with Gasteiger partial charge in [-0.15, -0.1) is 0 Å². The Morgan fingerprint density at radius 1 is 1.18 bits per heavy atom. The van der Waals surface area contributed by atoms with Gasteiger partial charge in [0.15, 0.2) is 0 Å². The van der Waals surface area contributed by atoms with Gasteiger partial charge < -0.3 is 14.5 Å². The van der Waals surface area contributed by atoms with Gasteiger partial charge in [-0.05, 0) is 47.7 Å². The first-order valence-corrected chi connectivity index (χ1v) is 9.37. The molecule has 2 aromatic rings. The van der Waals surface area contributed by atoms with Crippen molar-refractivity contribution in [2.45, 2.75) is 19.3 Å². The van der Waals surface area contributed by atoms with Crippen LogP contribution in [0.4, 0.5) is 5.69 Å². The van der Waals surface area contributed by atoms with Crippen LogP contribution in [0.15, 0.2) is 59.3 Å². The quantitative estimate of drug-likeness (QED) is 0.534. The fourth-order valence-electron chi connectivity index (χ4n) is 3.11. The van der Waals surface area contributed by atoms with Gasteiger partial charge in [-0.3, -0.25) is 0 Å². The van der Waals surface area contributed by atoms with E-state index >= 15 is 0 Å². The van der Waals surface area contributed by atoms with Crippen molar-refractivity contribution >= 4 is 23.4 Å². The molecule has 5 heteroatoms. The summed E-state index contributed by atoms with van der Waals surface area (Å²) in [5.41, 5.74) is 5.14. The van der Waals surface area contributed by atoms with Gasteiger partial charge in [0.1, 0.15) is 5.71 Å². The maximum atomic E-state index is 12.3. The molecule has 0 saturated carbocycles. The van der Waals surface area contributed by atoms with E-state index in [0.717, 1.165) is 23.2 Å². The summed E-state index contributed by atoms with van der Waals surface area (Å²) in [6, 6.07) is 16.1. The summed E-state index contributed by atoms with van der Waals surface area (Å²) in [5.74, 6) is -0.0750. The highest BCUT2D eigenvalue weighted by atomic mass is 16.7. The maximum absolute atomic E-state index is 12.3. The third kappa shape index (κ3) is 4.49. The minimum absolute atomic E-state index is 0.351. The maximum Gasteiger partial charge on any atom is 0.368 e. The molecule has 0 radical (unpaired) electrons. The molecule has 1 unspecified atom stereocenters. The zero-order valence-corrected chi connectivity index (χ0v) is 16.8. The molecule has 0 fully saturated rings. The van der Waals surface area contributed by atoms with E-state index in [1.165, 1.54) is 5.56 Å². The summed E-state index contributed by atoms with van der Waals surface area (Å²) in [7, 11) is 5.70. The number of methoxy groups -OCH3 is 1. The van der Waals surface area contributed by atoms with E-state index in [0.29, 0.717) is 23.8 Å². The molecule has 0 aromatic heterocycles. The largest absolute Gasteiger partial charge is 0.385 e.